The number of carboxylic acids is 1. The smallest absolute Gasteiger partial charge is 0.346 e. The lowest BCUT2D eigenvalue weighted by Gasteiger charge is -2.31. The maximum absolute atomic E-state index is 12.0. The maximum atomic E-state index is 12.0. The van der Waals surface area contributed by atoms with E-state index in [1.165, 1.54) is 34.5 Å². The Bertz CT molecular complexity index is 886. The van der Waals surface area contributed by atoms with Crippen molar-refractivity contribution in [3.8, 4) is 11.8 Å². The van der Waals surface area contributed by atoms with Crippen LogP contribution in [0, 0.1) is 23.2 Å². The fourth-order valence-electron chi connectivity index (χ4n) is 3.81. The first kappa shape index (κ1) is 20.9. The highest BCUT2D eigenvalue weighted by atomic mass is 32.1. The van der Waals surface area contributed by atoms with Gasteiger partial charge in [0, 0.05) is 24.1 Å². The third-order valence-corrected chi connectivity index (χ3v) is 6.45. The van der Waals surface area contributed by atoms with Crippen molar-refractivity contribution < 1.29 is 9.90 Å². The molecular weight excluding hydrogens is 366 g/mol. The van der Waals surface area contributed by atoms with Crippen LogP contribution in [0.3, 0.4) is 0 Å². The second-order valence-electron chi connectivity index (χ2n) is 9.21. The predicted octanol–water partition coefficient (Wildman–Crippen LogP) is 5.68. The van der Waals surface area contributed by atoms with Crippen molar-refractivity contribution in [2.75, 3.05) is 20.1 Å². The van der Waals surface area contributed by atoms with E-state index < -0.39 is 5.97 Å². The van der Waals surface area contributed by atoms with E-state index in [1.807, 2.05) is 6.07 Å². The summed E-state index contributed by atoms with van der Waals surface area (Å²) in [6.45, 7) is 10.4. The Hall–Kier alpha value is -1.83. The van der Waals surface area contributed by atoms with Gasteiger partial charge in [-0.15, -0.1) is 11.3 Å². The molecule has 0 bridgehead atoms. The molecule has 0 radical (unpaired) electrons. The maximum Gasteiger partial charge on any atom is 0.346 e. The second kappa shape index (κ2) is 8.27. The highest BCUT2D eigenvalue weighted by Gasteiger charge is 2.26. The number of carbonyl (C=O) groups is 1. The number of nitrogens with zero attached hydrogens (tertiary/aromatic N) is 1. The average Bonchev–Trinajstić information content (AvgIpc) is 3.04. The van der Waals surface area contributed by atoms with Crippen molar-refractivity contribution >= 4 is 22.9 Å². The molecule has 1 aromatic rings. The number of carboxylic acid groups (broad SMARTS) is 1. The zero-order chi connectivity index (χ0) is 20.5. The lowest BCUT2D eigenvalue weighted by Crippen LogP contribution is -2.29. The van der Waals surface area contributed by atoms with Crippen LogP contribution < -0.4 is 0 Å². The first-order valence-corrected chi connectivity index (χ1v) is 11.0. The van der Waals surface area contributed by atoms with Gasteiger partial charge in [-0.3, -0.25) is 0 Å². The van der Waals surface area contributed by atoms with E-state index in [1.54, 1.807) is 0 Å². The minimum atomic E-state index is -0.846. The zero-order valence-corrected chi connectivity index (χ0v) is 18.5. The Morgan fingerprint density at radius 1 is 1.29 bits per heavy atom. The molecule has 0 saturated heterocycles. The van der Waals surface area contributed by atoms with Crippen molar-refractivity contribution in [1.82, 2.24) is 4.90 Å². The monoisotopic (exact) mass is 397 g/mol. The molecule has 0 fully saturated rings. The fraction of sp³-hybridized carbons (Fsp3) is 0.542. The van der Waals surface area contributed by atoms with Crippen molar-refractivity contribution in [3.05, 3.63) is 38.6 Å². The highest BCUT2D eigenvalue weighted by Crippen LogP contribution is 2.39. The summed E-state index contributed by atoms with van der Waals surface area (Å²) in [6, 6.07) is 2.01. The van der Waals surface area contributed by atoms with Crippen molar-refractivity contribution in [2.45, 2.75) is 53.4 Å². The van der Waals surface area contributed by atoms with Gasteiger partial charge in [0.2, 0.25) is 0 Å². The summed E-state index contributed by atoms with van der Waals surface area (Å²) in [5, 5.41) is 9.84. The van der Waals surface area contributed by atoms with Gasteiger partial charge in [0.1, 0.15) is 4.88 Å². The van der Waals surface area contributed by atoms with Crippen LogP contribution in [0.4, 0.5) is 0 Å². The molecule has 1 aliphatic heterocycles. The lowest BCUT2D eigenvalue weighted by atomic mass is 9.82. The van der Waals surface area contributed by atoms with Gasteiger partial charge in [0.15, 0.2) is 0 Å². The third kappa shape index (κ3) is 4.96. The van der Waals surface area contributed by atoms with Crippen LogP contribution in [-0.4, -0.2) is 36.1 Å². The minimum Gasteiger partial charge on any atom is -0.477 e. The van der Waals surface area contributed by atoms with Gasteiger partial charge in [-0.25, -0.2) is 4.79 Å². The Balaban J connectivity index is 2.09. The van der Waals surface area contributed by atoms with E-state index in [4.69, 9.17) is 0 Å². The van der Waals surface area contributed by atoms with E-state index in [2.05, 4.69) is 57.6 Å². The van der Waals surface area contributed by atoms with E-state index in [0.717, 1.165) is 48.7 Å². The van der Waals surface area contributed by atoms with Crippen LogP contribution in [0.1, 0.15) is 73.5 Å². The Morgan fingerprint density at radius 3 is 2.64 bits per heavy atom. The molecule has 28 heavy (non-hydrogen) atoms. The Kier molecular flexibility index (Phi) is 6.17. The molecule has 0 aromatic carbocycles. The Morgan fingerprint density at radius 2 is 2.04 bits per heavy atom. The average molecular weight is 398 g/mol. The van der Waals surface area contributed by atoms with Gasteiger partial charge in [-0.2, -0.15) is 0 Å². The van der Waals surface area contributed by atoms with Crippen LogP contribution in [-0.2, 0) is 0 Å². The summed E-state index contributed by atoms with van der Waals surface area (Å²) in [5.41, 5.74) is 4.77. The molecule has 1 N–H and O–H groups in total. The van der Waals surface area contributed by atoms with E-state index in [-0.39, 0.29) is 5.41 Å². The van der Waals surface area contributed by atoms with Gasteiger partial charge in [-0.05, 0) is 82.2 Å². The quantitative estimate of drug-likeness (QED) is 0.667. The molecule has 0 saturated carbocycles. The van der Waals surface area contributed by atoms with Crippen molar-refractivity contribution in [3.63, 3.8) is 0 Å². The molecule has 1 atom stereocenters. The predicted molar refractivity (Wildman–Crippen MR) is 118 cm³/mol. The molecule has 1 unspecified atom stereocenters. The first-order valence-electron chi connectivity index (χ1n) is 10.1. The number of allylic oxidation sites excluding steroid dienone is 1. The van der Waals surface area contributed by atoms with E-state index in [9.17, 15) is 9.90 Å². The normalized spacial score (nSPS) is 21.2. The van der Waals surface area contributed by atoms with Crippen LogP contribution >= 0.6 is 11.3 Å². The Labute approximate surface area is 173 Å². The lowest BCUT2D eigenvalue weighted by molar-refractivity contribution is 0.0702. The molecule has 150 valence electrons. The fourth-order valence-corrected chi connectivity index (χ4v) is 4.69. The van der Waals surface area contributed by atoms with Crippen LogP contribution in [0.5, 0.6) is 0 Å². The zero-order valence-electron chi connectivity index (χ0n) is 17.7. The van der Waals surface area contributed by atoms with Crippen molar-refractivity contribution in [1.29, 1.82) is 0 Å². The standard InChI is InChI=1S/C24H31NO2S/c1-16-6-8-17(9-7-16)21-15-25(5)13-11-19(21)20-14-18(10-12-24(2,3)4)28-22(20)23(26)27/h8,14,16H,6-7,9,11,13,15H2,1-5H3,(H,26,27). The summed E-state index contributed by atoms with van der Waals surface area (Å²) < 4.78 is 0. The summed E-state index contributed by atoms with van der Waals surface area (Å²) in [7, 11) is 2.15. The van der Waals surface area contributed by atoms with Gasteiger partial charge >= 0.3 is 5.97 Å². The van der Waals surface area contributed by atoms with Gasteiger partial charge in [0.25, 0.3) is 0 Å². The molecule has 3 nitrogen and oxygen atoms in total. The molecule has 2 heterocycles. The molecule has 0 spiro atoms. The van der Waals surface area contributed by atoms with E-state index >= 15 is 0 Å². The number of thiophene rings is 1. The number of likely N-dealkylation sites (N-methyl/N-ethyl adjacent to an activating group) is 1. The topological polar surface area (TPSA) is 40.5 Å². The number of rotatable bonds is 3. The highest BCUT2D eigenvalue weighted by molar-refractivity contribution is 7.14. The number of hydrogen-bond donors (Lipinski definition) is 1. The molecular formula is C24H31NO2S. The molecule has 2 aliphatic rings. The molecule has 1 aliphatic carbocycles. The van der Waals surface area contributed by atoms with Gasteiger partial charge < -0.3 is 10.0 Å². The van der Waals surface area contributed by atoms with Gasteiger partial charge in [-0.1, -0.05) is 24.8 Å². The minimum absolute atomic E-state index is 0.102. The number of hydrogen-bond acceptors (Lipinski definition) is 3. The third-order valence-electron chi connectivity index (χ3n) is 5.41. The van der Waals surface area contributed by atoms with Crippen LogP contribution in [0.25, 0.3) is 5.57 Å². The largest absolute Gasteiger partial charge is 0.477 e. The second-order valence-corrected chi connectivity index (χ2v) is 10.3. The van der Waals surface area contributed by atoms with Gasteiger partial charge in [0.05, 0.1) is 4.88 Å². The molecule has 4 heteroatoms. The summed E-state index contributed by atoms with van der Waals surface area (Å²) in [6.07, 6.45) is 6.70. The van der Waals surface area contributed by atoms with E-state index in [0.29, 0.717) is 4.88 Å². The van der Waals surface area contributed by atoms with Crippen LogP contribution in [0.15, 0.2) is 23.3 Å². The van der Waals surface area contributed by atoms with Crippen molar-refractivity contribution in [2.24, 2.45) is 11.3 Å². The summed E-state index contributed by atoms with van der Waals surface area (Å²) >= 11 is 1.31. The molecule has 0 amide bonds. The number of aromatic carboxylic acids is 1. The molecule has 1 aromatic heterocycles. The van der Waals surface area contributed by atoms with Crippen LogP contribution in [0.2, 0.25) is 0 Å². The summed E-state index contributed by atoms with van der Waals surface area (Å²) in [4.78, 5) is 15.6. The summed E-state index contributed by atoms with van der Waals surface area (Å²) in [5.74, 6) is 6.34. The SMILES string of the molecule is CC1CC=C(C2=C(c3cc(C#CC(C)(C)C)sc3C(=O)O)CCN(C)C2)CC1. The first-order chi connectivity index (χ1) is 13.1. The molecule has 3 rings (SSSR count).